The molecule has 3 aliphatic rings. The molecule has 0 atom stereocenters. The third-order valence-electron chi connectivity index (χ3n) is 8.97. The molecule has 2 aromatic rings. The lowest BCUT2D eigenvalue weighted by molar-refractivity contribution is -0.128. The summed E-state index contributed by atoms with van der Waals surface area (Å²) in [6, 6.07) is 5.55. The minimum Gasteiger partial charge on any atom is -0.477 e. The van der Waals surface area contributed by atoms with E-state index < -0.39 is 5.97 Å². The summed E-state index contributed by atoms with van der Waals surface area (Å²) in [5.41, 5.74) is 1.27. The van der Waals surface area contributed by atoms with E-state index in [0.29, 0.717) is 48.2 Å². The molecule has 3 heterocycles. The van der Waals surface area contributed by atoms with Crippen LogP contribution in [0.4, 0.5) is 5.69 Å². The molecule has 2 aliphatic carbocycles. The van der Waals surface area contributed by atoms with Crippen LogP contribution < -0.4 is 9.64 Å². The average Bonchev–Trinajstić information content (AvgIpc) is 3.59. The van der Waals surface area contributed by atoms with Gasteiger partial charge in [-0.2, -0.15) is 0 Å². The van der Waals surface area contributed by atoms with Crippen LogP contribution in [0.1, 0.15) is 112 Å². The minimum atomic E-state index is -1.03. The van der Waals surface area contributed by atoms with Crippen LogP contribution in [0.2, 0.25) is 0 Å². The molecule has 1 saturated heterocycles. The van der Waals surface area contributed by atoms with E-state index in [9.17, 15) is 19.5 Å². The quantitative estimate of drug-likeness (QED) is 0.322. The maximum Gasteiger partial charge on any atom is 0.348 e. The van der Waals surface area contributed by atoms with Crippen molar-refractivity contribution in [1.82, 2.24) is 9.88 Å². The Kier molecular flexibility index (Phi) is 9.99. The molecule has 2 saturated carbocycles. The first-order valence-electron chi connectivity index (χ1n) is 16.1. The second-order valence-corrected chi connectivity index (χ2v) is 14.8. The standard InChI is InChI=1S/C35H45N3O5S/c1-23-7-9-25(10-8-23)33(40)38(29-21-28(15-17-35(2,3)4)44-32(29)34(41)42)26-11-13-27(14-12-26)43-30-20-24(16-18-36-30)22-37-19-5-6-31(37)39/h16,18,20-21,23,25-27H,5-14,19,22H2,1-4H3,(H,41,42)/t23-,25-,26-,27-. The van der Waals surface area contributed by atoms with Crippen molar-refractivity contribution in [3.05, 3.63) is 39.7 Å². The van der Waals surface area contributed by atoms with Crippen molar-refractivity contribution >= 4 is 34.8 Å². The molecule has 0 unspecified atom stereocenters. The molecule has 0 spiro atoms. The first kappa shape index (κ1) is 32.0. The number of aromatic carboxylic acids is 1. The van der Waals surface area contributed by atoms with Gasteiger partial charge in [0.05, 0.1) is 10.6 Å². The van der Waals surface area contributed by atoms with Gasteiger partial charge in [-0.25, -0.2) is 9.78 Å². The molecule has 44 heavy (non-hydrogen) atoms. The van der Waals surface area contributed by atoms with Gasteiger partial charge in [-0.3, -0.25) is 9.59 Å². The number of likely N-dealkylation sites (tertiary alicyclic amines) is 1. The SMILES string of the molecule is CC(C)(C)C#Cc1cc(N(C(=O)[C@H]2CC[C@H](C)CC2)[C@H]2CC[C@H](Oc3cc(CN4CCCC4=O)ccn3)CC2)c(C(=O)O)s1. The number of pyridine rings is 1. The minimum absolute atomic E-state index is 0.0442. The number of anilines is 1. The zero-order chi connectivity index (χ0) is 31.4. The predicted octanol–water partition coefficient (Wildman–Crippen LogP) is 6.91. The van der Waals surface area contributed by atoms with Crippen LogP contribution in [-0.4, -0.2) is 51.5 Å². The number of ether oxygens (including phenoxy) is 1. The van der Waals surface area contributed by atoms with Gasteiger partial charge in [-0.1, -0.05) is 18.8 Å². The molecule has 3 fully saturated rings. The normalized spacial score (nSPS) is 24.0. The maximum atomic E-state index is 14.2. The zero-order valence-corrected chi connectivity index (χ0v) is 27.3. The lowest BCUT2D eigenvalue weighted by Crippen LogP contribution is -2.47. The highest BCUT2D eigenvalue weighted by molar-refractivity contribution is 7.15. The van der Waals surface area contributed by atoms with Gasteiger partial charge in [-0.15, -0.1) is 11.3 Å². The van der Waals surface area contributed by atoms with E-state index in [-0.39, 0.29) is 40.2 Å². The molecule has 9 heteroatoms. The van der Waals surface area contributed by atoms with E-state index in [1.54, 1.807) is 6.20 Å². The molecule has 1 N–H and O–H groups in total. The Morgan fingerprint density at radius 1 is 1.11 bits per heavy atom. The Bertz CT molecular complexity index is 1420. The van der Waals surface area contributed by atoms with E-state index in [1.807, 2.05) is 48.8 Å². The fraction of sp³-hybridized carbons (Fsp3) is 0.600. The summed E-state index contributed by atoms with van der Waals surface area (Å²) >= 11 is 1.16. The van der Waals surface area contributed by atoms with Crippen LogP contribution >= 0.6 is 11.3 Å². The Labute approximate surface area is 265 Å². The van der Waals surface area contributed by atoms with Gasteiger partial charge in [0.1, 0.15) is 11.0 Å². The number of carboxylic acids is 1. The van der Waals surface area contributed by atoms with Crippen molar-refractivity contribution in [1.29, 1.82) is 0 Å². The third-order valence-corrected chi connectivity index (χ3v) is 10.00. The highest BCUT2D eigenvalue weighted by Gasteiger charge is 2.38. The predicted molar refractivity (Wildman–Crippen MR) is 172 cm³/mol. The molecule has 5 rings (SSSR count). The van der Waals surface area contributed by atoms with Crippen molar-refractivity contribution in [2.45, 2.75) is 111 Å². The van der Waals surface area contributed by atoms with Crippen LogP contribution in [0.25, 0.3) is 0 Å². The number of amides is 2. The highest BCUT2D eigenvalue weighted by Crippen LogP contribution is 2.39. The summed E-state index contributed by atoms with van der Waals surface area (Å²) in [4.78, 5) is 47.7. The summed E-state index contributed by atoms with van der Waals surface area (Å²) in [6.45, 7) is 9.65. The van der Waals surface area contributed by atoms with E-state index in [1.165, 1.54) is 0 Å². The average molecular weight is 620 g/mol. The number of carboxylic acid groups (broad SMARTS) is 1. The summed E-state index contributed by atoms with van der Waals surface area (Å²) in [7, 11) is 0. The van der Waals surface area contributed by atoms with Crippen LogP contribution in [0, 0.1) is 29.1 Å². The van der Waals surface area contributed by atoms with E-state index in [2.05, 4.69) is 23.7 Å². The van der Waals surface area contributed by atoms with Gasteiger partial charge in [0.15, 0.2) is 0 Å². The second-order valence-electron chi connectivity index (χ2n) is 13.8. The van der Waals surface area contributed by atoms with Crippen molar-refractivity contribution in [2.75, 3.05) is 11.4 Å². The van der Waals surface area contributed by atoms with Gasteiger partial charge in [-0.05, 0) is 102 Å². The number of carbonyl (C=O) groups is 3. The molecule has 236 valence electrons. The van der Waals surface area contributed by atoms with Crippen LogP contribution in [0.5, 0.6) is 5.88 Å². The number of thiophene rings is 1. The third kappa shape index (κ3) is 8.01. The molecule has 2 aromatic heterocycles. The lowest BCUT2D eigenvalue weighted by Gasteiger charge is -2.39. The first-order valence-corrected chi connectivity index (χ1v) is 16.9. The van der Waals surface area contributed by atoms with Crippen molar-refractivity contribution in [3.8, 4) is 17.7 Å². The highest BCUT2D eigenvalue weighted by atomic mass is 32.1. The van der Waals surface area contributed by atoms with E-state index in [0.717, 1.165) is 68.4 Å². The number of carbonyl (C=O) groups excluding carboxylic acids is 2. The molecule has 8 nitrogen and oxygen atoms in total. The second kappa shape index (κ2) is 13.7. The Morgan fingerprint density at radius 2 is 1.84 bits per heavy atom. The van der Waals surface area contributed by atoms with Gasteiger partial charge >= 0.3 is 5.97 Å². The molecular formula is C35H45N3O5S. The number of nitrogens with zero attached hydrogens (tertiary/aromatic N) is 3. The summed E-state index contributed by atoms with van der Waals surface area (Å²) in [5.74, 6) is 6.65. The number of rotatable bonds is 8. The van der Waals surface area contributed by atoms with Crippen LogP contribution in [0.3, 0.4) is 0 Å². The van der Waals surface area contributed by atoms with E-state index in [4.69, 9.17) is 4.74 Å². The molecule has 2 amide bonds. The van der Waals surface area contributed by atoms with Crippen molar-refractivity contribution < 1.29 is 24.2 Å². The van der Waals surface area contributed by atoms with Gasteiger partial charge < -0.3 is 19.6 Å². The van der Waals surface area contributed by atoms with Gasteiger partial charge in [0.2, 0.25) is 17.7 Å². The monoisotopic (exact) mass is 619 g/mol. The smallest absolute Gasteiger partial charge is 0.348 e. The lowest BCUT2D eigenvalue weighted by atomic mass is 9.81. The van der Waals surface area contributed by atoms with E-state index >= 15 is 0 Å². The Morgan fingerprint density at radius 3 is 2.48 bits per heavy atom. The van der Waals surface area contributed by atoms with Gasteiger partial charge in [0.25, 0.3) is 0 Å². The number of hydrogen-bond donors (Lipinski definition) is 1. The first-order chi connectivity index (χ1) is 21.0. The summed E-state index contributed by atoms with van der Waals surface area (Å²) in [5, 5.41) is 10.2. The van der Waals surface area contributed by atoms with Crippen LogP contribution in [-0.2, 0) is 16.1 Å². The fourth-order valence-corrected chi connectivity index (χ4v) is 7.36. The number of aromatic nitrogens is 1. The Balaban J connectivity index is 1.33. The summed E-state index contributed by atoms with van der Waals surface area (Å²) in [6.07, 6.45) is 9.78. The molecule has 0 radical (unpaired) electrons. The largest absolute Gasteiger partial charge is 0.477 e. The van der Waals surface area contributed by atoms with Crippen LogP contribution in [0.15, 0.2) is 24.4 Å². The molecule has 0 aromatic carbocycles. The van der Waals surface area contributed by atoms with Crippen molar-refractivity contribution in [2.24, 2.45) is 17.3 Å². The molecular weight excluding hydrogens is 574 g/mol. The zero-order valence-electron chi connectivity index (χ0n) is 26.4. The van der Waals surface area contributed by atoms with Crippen molar-refractivity contribution in [3.63, 3.8) is 0 Å². The topological polar surface area (TPSA) is 100 Å². The maximum absolute atomic E-state index is 14.2. The summed E-state index contributed by atoms with van der Waals surface area (Å²) < 4.78 is 6.31. The molecule has 1 aliphatic heterocycles. The van der Waals surface area contributed by atoms with Gasteiger partial charge in [0, 0.05) is 49.1 Å². The number of hydrogen-bond acceptors (Lipinski definition) is 6. The molecule has 0 bridgehead atoms. The fourth-order valence-electron chi connectivity index (χ4n) is 6.52. The Hall–Kier alpha value is -3.38.